The van der Waals surface area contributed by atoms with Crippen LogP contribution < -0.4 is 0 Å². The molecule has 0 aliphatic carbocycles. The molecule has 0 unspecified atom stereocenters. The minimum atomic E-state index is 0.402. The number of benzene rings is 2. The summed E-state index contributed by atoms with van der Waals surface area (Å²) < 4.78 is 0. The zero-order valence-corrected chi connectivity index (χ0v) is 14.7. The molecule has 1 aliphatic heterocycles. The highest BCUT2D eigenvalue weighted by Crippen LogP contribution is 2.25. The molecule has 1 aromatic heterocycles. The summed E-state index contributed by atoms with van der Waals surface area (Å²) in [5.41, 5.74) is 4.64. The molecule has 4 nitrogen and oxygen atoms in total. The summed E-state index contributed by atoms with van der Waals surface area (Å²) in [6, 6.07) is 12.7. The van der Waals surface area contributed by atoms with Crippen molar-refractivity contribution in [2.75, 3.05) is 13.1 Å². The molecular weight excluding hydrogens is 310 g/mol. The normalized spacial score (nSPS) is 18.7. The van der Waals surface area contributed by atoms with Crippen LogP contribution in [0.3, 0.4) is 0 Å². The van der Waals surface area contributed by atoms with Crippen molar-refractivity contribution < 1.29 is 5.11 Å². The number of fused-ring (bicyclic) bond motifs is 1. The molecule has 2 aromatic carbocycles. The van der Waals surface area contributed by atoms with Gasteiger partial charge >= 0.3 is 0 Å². The number of phenolic OH excluding ortho intramolecular Hbond substituents is 1. The number of piperidine rings is 1. The Morgan fingerprint density at radius 3 is 2.96 bits per heavy atom. The monoisotopic (exact) mass is 335 g/mol. The van der Waals surface area contributed by atoms with Gasteiger partial charge < -0.3 is 5.11 Å². The highest BCUT2D eigenvalue weighted by Gasteiger charge is 2.20. The van der Waals surface area contributed by atoms with E-state index in [9.17, 15) is 5.11 Å². The average Bonchev–Trinajstić information content (AvgIpc) is 3.06. The predicted octanol–water partition coefficient (Wildman–Crippen LogP) is 4.03. The van der Waals surface area contributed by atoms with E-state index in [1.54, 1.807) is 0 Å². The van der Waals surface area contributed by atoms with Crippen molar-refractivity contribution in [1.82, 2.24) is 15.1 Å². The lowest BCUT2D eigenvalue weighted by Gasteiger charge is -2.33. The van der Waals surface area contributed by atoms with Crippen LogP contribution >= 0.6 is 0 Å². The van der Waals surface area contributed by atoms with Gasteiger partial charge in [-0.05, 0) is 73.5 Å². The highest BCUT2D eigenvalue weighted by atomic mass is 16.3. The van der Waals surface area contributed by atoms with Crippen LogP contribution in [0.2, 0.25) is 0 Å². The summed E-state index contributed by atoms with van der Waals surface area (Å²) in [4.78, 5) is 2.52. The third kappa shape index (κ3) is 3.69. The molecule has 1 atom stereocenters. The first kappa shape index (κ1) is 16.2. The van der Waals surface area contributed by atoms with Gasteiger partial charge in [0.15, 0.2) is 0 Å². The zero-order valence-electron chi connectivity index (χ0n) is 14.7. The molecular formula is C21H25N3O. The van der Waals surface area contributed by atoms with Gasteiger partial charge in [0, 0.05) is 18.5 Å². The van der Waals surface area contributed by atoms with Gasteiger partial charge in [-0.1, -0.05) is 18.2 Å². The number of aromatic hydroxyl groups is 1. The van der Waals surface area contributed by atoms with Crippen molar-refractivity contribution in [2.24, 2.45) is 5.92 Å². The Bertz CT molecular complexity index is 870. The van der Waals surface area contributed by atoms with Crippen molar-refractivity contribution in [3.05, 3.63) is 59.3 Å². The van der Waals surface area contributed by atoms with Crippen molar-refractivity contribution >= 4 is 10.9 Å². The molecule has 2 N–H and O–H groups in total. The zero-order chi connectivity index (χ0) is 17.2. The number of rotatable bonds is 4. The summed E-state index contributed by atoms with van der Waals surface area (Å²) >= 11 is 0. The average molecular weight is 335 g/mol. The Morgan fingerprint density at radius 1 is 1.20 bits per heavy atom. The van der Waals surface area contributed by atoms with Gasteiger partial charge in [-0.25, -0.2) is 0 Å². The van der Waals surface area contributed by atoms with Crippen molar-refractivity contribution in [2.45, 2.75) is 32.7 Å². The van der Waals surface area contributed by atoms with E-state index in [1.165, 1.54) is 29.4 Å². The van der Waals surface area contributed by atoms with E-state index in [2.05, 4.69) is 39.4 Å². The number of hydrogen-bond donors (Lipinski definition) is 2. The smallest absolute Gasteiger partial charge is 0.118 e. The first-order chi connectivity index (χ1) is 12.2. The fourth-order valence-corrected chi connectivity index (χ4v) is 3.93. The van der Waals surface area contributed by atoms with Crippen LogP contribution in [0.15, 0.2) is 42.6 Å². The molecule has 0 amide bonds. The van der Waals surface area contributed by atoms with Gasteiger partial charge in [-0.2, -0.15) is 5.10 Å². The first-order valence-corrected chi connectivity index (χ1v) is 9.10. The molecule has 0 saturated carbocycles. The van der Waals surface area contributed by atoms with Crippen LogP contribution in [0.5, 0.6) is 5.75 Å². The topological polar surface area (TPSA) is 52.2 Å². The number of phenols is 1. The van der Waals surface area contributed by atoms with Gasteiger partial charge in [-0.3, -0.25) is 10.00 Å². The van der Waals surface area contributed by atoms with Crippen molar-refractivity contribution in [1.29, 1.82) is 0 Å². The Balaban J connectivity index is 1.40. The largest absolute Gasteiger partial charge is 0.508 e. The van der Waals surface area contributed by atoms with Crippen molar-refractivity contribution in [3.8, 4) is 5.75 Å². The number of aromatic nitrogens is 2. The fourth-order valence-electron chi connectivity index (χ4n) is 3.93. The van der Waals surface area contributed by atoms with E-state index in [0.29, 0.717) is 11.7 Å². The third-order valence-corrected chi connectivity index (χ3v) is 5.31. The maximum absolute atomic E-state index is 9.92. The molecule has 1 saturated heterocycles. The van der Waals surface area contributed by atoms with Crippen LogP contribution in [-0.2, 0) is 13.0 Å². The van der Waals surface area contributed by atoms with Crippen LogP contribution in [0.1, 0.15) is 29.5 Å². The van der Waals surface area contributed by atoms with Gasteiger partial charge in [0.25, 0.3) is 0 Å². The summed E-state index contributed by atoms with van der Waals surface area (Å²) in [6.07, 6.45) is 5.56. The molecule has 0 bridgehead atoms. The van der Waals surface area contributed by atoms with Crippen LogP contribution in [0, 0.1) is 12.8 Å². The number of likely N-dealkylation sites (tertiary alicyclic amines) is 1. The number of nitrogens with zero attached hydrogens (tertiary/aromatic N) is 2. The molecule has 0 radical (unpaired) electrons. The van der Waals surface area contributed by atoms with E-state index in [4.69, 9.17) is 0 Å². The molecule has 25 heavy (non-hydrogen) atoms. The second-order valence-electron chi connectivity index (χ2n) is 7.36. The molecule has 4 heteroatoms. The summed E-state index contributed by atoms with van der Waals surface area (Å²) in [5, 5.41) is 18.2. The number of hydrogen-bond acceptors (Lipinski definition) is 3. The maximum Gasteiger partial charge on any atom is 0.118 e. The second kappa shape index (κ2) is 6.89. The first-order valence-electron chi connectivity index (χ1n) is 9.10. The lowest BCUT2D eigenvalue weighted by Crippen LogP contribution is -2.35. The lowest BCUT2D eigenvalue weighted by molar-refractivity contribution is 0.167. The second-order valence-corrected chi connectivity index (χ2v) is 7.36. The third-order valence-electron chi connectivity index (χ3n) is 5.31. The summed E-state index contributed by atoms with van der Waals surface area (Å²) in [7, 11) is 0. The molecule has 0 spiro atoms. The lowest BCUT2D eigenvalue weighted by atomic mass is 9.90. The van der Waals surface area contributed by atoms with Gasteiger partial charge in [0.1, 0.15) is 5.75 Å². The van der Waals surface area contributed by atoms with Crippen LogP contribution in [-0.4, -0.2) is 33.3 Å². The fraction of sp³-hybridized carbons (Fsp3) is 0.381. The standard InChI is InChI=1S/C21H25N3O/c1-15-4-5-18(11-21(15)25)14-24-8-2-3-17(13-24)9-16-6-7-20-19(10-16)12-22-23-20/h4-7,10-12,17,25H,2-3,8-9,13-14H2,1H3,(H,22,23)/t17-/m1/s1. The van der Waals surface area contributed by atoms with E-state index in [-0.39, 0.29) is 0 Å². The molecule has 1 aliphatic rings. The summed E-state index contributed by atoms with van der Waals surface area (Å²) in [5.74, 6) is 1.09. The minimum Gasteiger partial charge on any atom is -0.508 e. The molecule has 4 rings (SSSR count). The minimum absolute atomic E-state index is 0.402. The number of H-pyrrole nitrogens is 1. The SMILES string of the molecule is Cc1ccc(CN2CCC[C@H](Cc3ccc4[nH]ncc4c3)C2)cc1O. The Morgan fingerprint density at radius 2 is 2.08 bits per heavy atom. The quantitative estimate of drug-likeness (QED) is 0.757. The Kier molecular flexibility index (Phi) is 4.45. The van der Waals surface area contributed by atoms with Gasteiger partial charge in [0.05, 0.1) is 11.7 Å². The van der Waals surface area contributed by atoms with Crippen LogP contribution in [0.4, 0.5) is 0 Å². The Hall–Kier alpha value is -2.33. The molecule has 1 fully saturated rings. The van der Waals surface area contributed by atoms with E-state index < -0.39 is 0 Å². The number of nitrogens with one attached hydrogen (secondary N) is 1. The maximum atomic E-state index is 9.92. The van der Waals surface area contributed by atoms with E-state index in [1.807, 2.05) is 25.3 Å². The summed E-state index contributed by atoms with van der Waals surface area (Å²) in [6.45, 7) is 5.13. The van der Waals surface area contributed by atoms with E-state index in [0.717, 1.165) is 37.1 Å². The Labute approximate surface area is 148 Å². The van der Waals surface area contributed by atoms with E-state index >= 15 is 0 Å². The van der Waals surface area contributed by atoms with Crippen LogP contribution in [0.25, 0.3) is 10.9 Å². The number of aromatic amines is 1. The number of aryl methyl sites for hydroxylation is 1. The van der Waals surface area contributed by atoms with Gasteiger partial charge in [-0.15, -0.1) is 0 Å². The highest BCUT2D eigenvalue weighted by molar-refractivity contribution is 5.78. The molecule has 3 aromatic rings. The van der Waals surface area contributed by atoms with Gasteiger partial charge in [0.2, 0.25) is 0 Å². The predicted molar refractivity (Wildman–Crippen MR) is 101 cm³/mol. The molecule has 2 heterocycles. The molecule has 130 valence electrons. The van der Waals surface area contributed by atoms with Crippen molar-refractivity contribution in [3.63, 3.8) is 0 Å².